The summed E-state index contributed by atoms with van der Waals surface area (Å²) in [5, 5.41) is 13.8. The first-order valence-corrected chi connectivity index (χ1v) is 8.56. The number of phenols is 1. The van der Waals surface area contributed by atoms with E-state index in [1.54, 1.807) is 19.1 Å². The number of ether oxygens (including phenoxy) is 1. The van der Waals surface area contributed by atoms with Crippen LogP contribution in [-0.2, 0) is 14.6 Å². The minimum atomic E-state index is -3.11. The van der Waals surface area contributed by atoms with Gasteiger partial charge >= 0.3 is 0 Å². The lowest BCUT2D eigenvalue weighted by Crippen LogP contribution is -2.28. The molecule has 0 saturated carbocycles. The summed E-state index contributed by atoms with van der Waals surface area (Å²) in [5.41, 5.74) is 3.23. The van der Waals surface area contributed by atoms with E-state index in [-0.39, 0.29) is 17.3 Å². The van der Waals surface area contributed by atoms with Gasteiger partial charge in [0, 0.05) is 11.6 Å². The molecule has 22 heavy (non-hydrogen) atoms. The summed E-state index contributed by atoms with van der Waals surface area (Å²) in [6.07, 6.45) is 0.316. The quantitative estimate of drug-likeness (QED) is 0.625. The van der Waals surface area contributed by atoms with Gasteiger partial charge in [0.25, 0.3) is 0 Å². The predicted molar refractivity (Wildman–Crippen MR) is 81.8 cm³/mol. The number of phenolic OH excluding ortho intramolecular Hbond substituents is 1. The van der Waals surface area contributed by atoms with Gasteiger partial charge in [0.2, 0.25) is 5.91 Å². The molecule has 0 unspecified atom stereocenters. The molecular weight excluding hydrogens is 308 g/mol. The molecule has 1 heterocycles. The van der Waals surface area contributed by atoms with Gasteiger partial charge in [-0.3, -0.25) is 4.79 Å². The number of hydrogen-bond donors (Lipinski definition) is 2. The fraction of sp³-hybridized carbons (Fsp3) is 0.429. The van der Waals surface area contributed by atoms with E-state index in [0.29, 0.717) is 23.4 Å². The lowest BCUT2D eigenvalue weighted by molar-refractivity contribution is -0.124. The lowest BCUT2D eigenvalue weighted by atomic mass is 10.1. The second-order valence-electron chi connectivity index (χ2n) is 5.16. The SMILES string of the molecule is COc1ccc(/C(C)=N/NC(=O)[C@H]2CCS(=O)(=O)C2)c(O)c1. The summed E-state index contributed by atoms with van der Waals surface area (Å²) >= 11 is 0. The predicted octanol–water partition coefficient (Wildman–Crippen LogP) is 0.676. The van der Waals surface area contributed by atoms with E-state index in [2.05, 4.69) is 10.5 Å². The Morgan fingerprint density at radius 2 is 2.18 bits per heavy atom. The molecule has 2 N–H and O–H groups in total. The number of aromatic hydroxyl groups is 1. The topological polar surface area (TPSA) is 105 Å². The van der Waals surface area contributed by atoms with Crippen LogP contribution in [0.3, 0.4) is 0 Å². The van der Waals surface area contributed by atoms with Crippen molar-refractivity contribution in [1.82, 2.24) is 5.43 Å². The van der Waals surface area contributed by atoms with Gasteiger partial charge in [-0.1, -0.05) is 0 Å². The number of nitrogens with one attached hydrogen (secondary N) is 1. The second kappa shape index (κ2) is 6.35. The van der Waals surface area contributed by atoms with Crippen LogP contribution in [0, 0.1) is 5.92 Å². The van der Waals surface area contributed by atoms with Crippen LogP contribution >= 0.6 is 0 Å². The average Bonchev–Trinajstić information content (AvgIpc) is 2.84. The van der Waals surface area contributed by atoms with Gasteiger partial charge in [-0.2, -0.15) is 5.10 Å². The van der Waals surface area contributed by atoms with Crippen molar-refractivity contribution in [2.75, 3.05) is 18.6 Å². The number of sulfone groups is 1. The van der Waals surface area contributed by atoms with Crippen molar-refractivity contribution >= 4 is 21.5 Å². The van der Waals surface area contributed by atoms with Gasteiger partial charge in [-0.15, -0.1) is 0 Å². The molecule has 1 aliphatic rings. The highest BCUT2D eigenvalue weighted by Gasteiger charge is 2.32. The molecule has 1 aromatic rings. The summed E-state index contributed by atoms with van der Waals surface area (Å²) in [4.78, 5) is 11.9. The first-order valence-electron chi connectivity index (χ1n) is 6.74. The largest absolute Gasteiger partial charge is 0.507 e. The Morgan fingerprint density at radius 1 is 1.45 bits per heavy atom. The number of carbonyl (C=O) groups is 1. The van der Waals surface area contributed by atoms with Gasteiger partial charge in [-0.05, 0) is 25.5 Å². The van der Waals surface area contributed by atoms with Gasteiger partial charge in [0.1, 0.15) is 11.5 Å². The Kier molecular flexibility index (Phi) is 4.70. The third kappa shape index (κ3) is 3.76. The van der Waals surface area contributed by atoms with Crippen molar-refractivity contribution < 1.29 is 23.1 Å². The van der Waals surface area contributed by atoms with E-state index in [1.165, 1.54) is 13.2 Å². The molecule has 0 aliphatic carbocycles. The van der Waals surface area contributed by atoms with E-state index < -0.39 is 21.7 Å². The lowest BCUT2D eigenvalue weighted by Gasteiger charge is -2.08. The molecule has 0 spiro atoms. The van der Waals surface area contributed by atoms with Crippen molar-refractivity contribution in [1.29, 1.82) is 0 Å². The zero-order valence-electron chi connectivity index (χ0n) is 12.4. The molecule has 1 aliphatic heterocycles. The van der Waals surface area contributed by atoms with Crippen LogP contribution in [0.15, 0.2) is 23.3 Å². The van der Waals surface area contributed by atoms with Crippen LogP contribution in [0.2, 0.25) is 0 Å². The van der Waals surface area contributed by atoms with E-state index in [1.807, 2.05) is 0 Å². The first-order chi connectivity index (χ1) is 10.3. The molecule has 120 valence electrons. The number of hydrazone groups is 1. The molecule has 8 heteroatoms. The Balaban J connectivity index is 2.05. The number of nitrogens with zero attached hydrogens (tertiary/aromatic N) is 1. The molecule has 0 bridgehead atoms. The molecule has 1 amide bonds. The Morgan fingerprint density at radius 3 is 2.73 bits per heavy atom. The number of methoxy groups -OCH3 is 1. The Labute approximate surface area is 128 Å². The minimum Gasteiger partial charge on any atom is -0.507 e. The van der Waals surface area contributed by atoms with Crippen LogP contribution in [0.5, 0.6) is 11.5 Å². The maximum atomic E-state index is 11.9. The zero-order valence-corrected chi connectivity index (χ0v) is 13.2. The van der Waals surface area contributed by atoms with Crippen LogP contribution in [0.25, 0.3) is 0 Å². The van der Waals surface area contributed by atoms with E-state index >= 15 is 0 Å². The maximum Gasteiger partial charge on any atom is 0.244 e. The molecule has 1 saturated heterocycles. The Hall–Kier alpha value is -2.09. The Bertz CT molecular complexity index is 712. The first kappa shape index (κ1) is 16.3. The molecule has 1 aromatic carbocycles. The van der Waals surface area contributed by atoms with Crippen LogP contribution < -0.4 is 10.2 Å². The van der Waals surface area contributed by atoms with Gasteiger partial charge < -0.3 is 9.84 Å². The molecular formula is C14H18N2O5S. The zero-order chi connectivity index (χ0) is 16.3. The summed E-state index contributed by atoms with van der Waals surface area (Å²) in [5.74, 6) is -0.596. The third-order valence-corrected chi connectivity index (χ3v) is 5.30. The molecule has 2 rings (SSSR count). The van der Waals surface area contributed by atoms with E-state index in [4.69, 9.17) is 4.74 Å². The monoisotopic (exact) mass is 326 g/mol. The molecule has 0 radical (unpaired) electrons. The van der Waals surface area contributed by atoms with Crippen molar-refractivity contribution in [3.8, 4) is 11.5 Å². The van der Waals surface area contributed by atoms with E-state index in [0.717, 1.165) is 0 Å². The maximum absolute atomic E-state index is 11.9. The normalized spacial score (nSPS) is 20.6. The third-order valence-electron chi connectivity index (χ3n) is 3.53. The second-order valence-corrected chi connectivity index (χ2v) is 7.39. The van der Waals surface area contributed by atoms with Crippen LogP contribution in [0.4, 0.5) is 0 Å². The van der Waals surface area contributed by atoms with Crippen molar-refractivity contribution in [2.45, 2.75) is 13.3 Å². The number of carbonyl (C=O) groups excluding carboxylic acids is 1. The van der Waals surface area contributed by atoms with Crippen LogP contribution in [0.1, 0.15) is 18.9 Å². The number of hydrogen-bond acceptors (Lipinski definition) is 6. The number of benzene rings is 1. The highest BCUT2D eigenvalue weighted by atomic mass is 32.2. The highest BCUT2D eigenvalue weighted by Crippen LogP contribution is 2.24. The number of rotatable bonds is 4. The molecule has 7 nitrogen and oxygen atoms in total. The summed E-state index contributed by atoms with van der Waals surface area (Å²) in [6, 6.07) is 4.73. The minimum absolute atomic E-state index is 0.0155. The van der Waals surface area contributed by atoms with E-state index in [9.17, 15) is 18.3 Å². The number of amides is 1. The van der Waals surface area contributed by atoms with Gasteiger partial charge in [-0.25, -0.2) is 13.8 Å². The van der Waals surface area contributed by atoms with Crippen molar-refractivity contribution in [3.05, 3.63) is 23.8 Å². The molecule has 1 atom stereocenters. The highest BCUT2D eigenvalue weighted by molar-refractivity contribution is 7.91. The van der Waals surface area contributed by atoms with Crippen LogP contribution in [-0.4, -0.2) is 43.8 Å². The van der Waals surface area contributed by atoms with Crippen molar-refractivity contribution in [3.63, 3.8) is 0 Å². The summed E-state index contributed by atoms with van der Waals surface area (Å²) < 4.78 is 27.7. The molecule has 1 fully saturated rings. The standard InChI is InChI=1S/C14H18N2O5S/c1-9(12-4-3-11(21-2)7-13(12)17)15-16-14(18)10-5-6-22(19,20)8-10/h3-4,7,10,17H,5-6,8H2,1-2H3,(H,16,18)/b15-9+/t10-/m0/s1. The van der Waals surface area contributed by atoms with Crippen molar-refractivity contribution in [2.24, 2.45) is 11.0 Å². The summed E-state index contributed by atoms with van der Waals surface area (Å²) in [6.45, 7) is 1.63. The summed E-state index contributed by atoms with van der Waals surface area (Å²) in [7, 11) is -1.62. The van der Waals surface area contributed by atoms with Gasteiger partial charge in [0.05, 0.1) is 30.2 Å². The fourth-order valence-corrected chi connectivity index (χ4v) is 3.98. The fourth-order valence-electron chi connectivity index (χ4n) is 2.24. The molecule has 0 aromatic heterocycles. The van der Waals surface area contributed by atoms with Gasteiger partial charge in [0.15, 0.2) is 9.84 Å². The average molecular weight is 326 g/mol. The smallest absolute Gasteiger partial charge is 0.244 e.